The molecule has 2 N–H and O–H groups in total. The Morgan fingerprint density at radius 2 is 1.96 bits per heavy atom. The van der Waals surface area contributed by atoms with E-state index in [1.165, 1.54) is 12.1 Å². The monoisotopic (exact) mass is 417 g/mol. The van der Waals surface area contributed by atoms with Gasteiger partial charge >= 0.3 is 6.18 Å². The first kappa shape index (κ1) is 19.2. The molecule has 2 heterocycles. The third-order valence-electron chi connectivity index (χ3n) is 3.41. The average Bonchev–Trinajstić information content (AvgIpc) is 3.25. The lowest BCUT2D eigenvalue weighted by Gasteiger charge is -2.11. The van der Waals surface area contributed by atoms with Gasteiger partial charge in [0.25, 0.3) is 10.0 Å². The predicted octanol–water partition coefficient (Wildman–Crippen LogP) is 4.36. The zero-order valence-corrected chi connectivity index (χ0v) is 15.5. The summed E-state index contributed by atoms with van der Waals surface area (Å²) in [7, 11) is -3.93. The molecule has 0 aliphatic rings. The molecule has 0 unspecified atom stereocenters. The Morgan fingerprint density at radius 1 is 1.22 bits per heavy atom. The number of benzene rings is 1. The van der Waals surface area contributed by atoms with E-state index < -0.39 is 21.9 Å². The molecule has 2 aromatic heterocycles. The largest absolute Gasteiger partial charge is 0.492 e. The van der Waals surface area contributed by atoms with Crippen LogP contribution in [-0.4, -0.2) is 25.2 Å². The number of nitrogens with zero attached hydrogens (tertiary/aromatic N) is 1. The standard InChI is InChI=1S/C16H14F3N3O3S2/c1-2-25-12-6-4-3-5-10(12)22-27(23,24)15-8-7-13(26-15)11-9-14(21-20-11)16(17,18)19/h3-9,22H,2H2,1H3,(H,20,21). The van der Waals surface area contributed by atoms with E-state index in [9.17, 15) is 21.6 Å². The van der Waals surface area contributed by atoms with Crippen molar-refractivity contribution in [1.82, 2.24) is 10.2 Å². The van der Waals surface area contributed by atoms with E-state index in [0.29, 0.717) is 17.2 Å². The molecule has 0 spiro atoms. The number of hydrogen-bond donors (Lipinski definition) is 2. The van der Waals surface area contributed by atoms with Gasteiger partial charge in [0.05, 0.1) is 17.2 Å². The number of rotatable bonds is 6. The number of para-hydroxylation sites is 2. The van der Waals surface area contributed by atoms with Crippen LogP contribution in [-0.2, 0) is 16.2 Å². The molecule has 144 valence electrons. The van der Waals surface area contributed by atoms with Crippen LogP contribution in [0.2, 0.25) is 0 Å². The lowest BCUT2D eigenvalue weighted by Crippen LogP contribution is -2.12. The lowest BCUT2D eigenvalue weighted by molar-refractivity contribution is -0.141. The first-order valence-electron chi connectivity index (χ1n) is 7.68. The summed E-state index contributed by atoms with van der Waals surface area (Å²) >= 11 is 0.814. The van der Waals surface area contributed by atoms with Gasteiger partial charge in [0.15, 0.2) is 0 Å². The van der Waals surface area contributed by atoms with Gasteiger partial charge in [0.1, 0.15) is 21.3 Å². The summed E-state index contributed by atoms with van der Waals surface area (Å²) in [5.41, 5.74) is -0.712. The Hall–Kier alpha value is -2.53. The van der Waals surface area contributed by atoms with Crippen LogP contribution in [0.3, 0.4) is 0 Å². The predicted molar refractivity (Wildman–Crippen MR) is 95.3 cm³/mol. The van der Waals surface area contributed by atoms with Crippen LogP contribution in [0.1, 0.15) is 12.6 Å². The van der Waals surface area contributed by atoms with Gasteiger partial charge in [-0.2, -0.15) is 18.3 Å². The fourth-order valence-corrected chi connectivity index (χ4v) is 4.56. The maximum Gasteiger partial charge on any atom is 0.432 e. The molecule has 27 heavy (non-hydrogen) atoms. The van der Waals surface area contributed by atoms with E-state index in [1.807, 2.05) is 5.10 Å². The van der Waals surface area contributed by atoms with Gasteiger partial charge in [0.2, 0.25) is 0 Å². The first-order chi connectivity index (χ1) is 12.7. The van der Waals surface area contributed by atoms with Crippen LogP contribution in [0, 0.1) is 0 Å². The number of nitrogens with one attached hydrogen (secondary N) is 2. The summed E-state index contributed by atoms with van der Waals surface area (Å²) in [4.78, 5) is 0.292. The molecule has 0 aliphatic carbocycles. The Bertz CT molecular complexity index is 1040. The highest BCUT2D eigenvalue weighted by atomic mass is 32.2. The van der Waals surface area contributed by atoms with Gasteiger partial charge in [-0.15, -0.1) is 11.3 Å². The summed E-state index contributed by atoms with van der Waals surface area (Å²) in [6.07, 6.45) is -4.55. The maximum absolute atomic E-state index is 12.7. The number of halogens is 3. The number of sulfonamides is 1. The minimum atomic E-state index is -4.55. The summed E-state index contributed by atoms with van der Waals surface area (Å²) in [5, 5.41) is 5.50. The smallest absolute Gasteiger partial charge is 0.432 e. The molecule has 0 radical (unpaired) electrons. The van der Waals surface area contributed by atoms with Crippen molar-refractivity contribution in [3.63, 3.8) is 0 Å². The summed E-state index contributed by atoms with van der Waals surface area (Å²) in [5.74, 6) is 0.377. The van der Waals surface area contributed by atoms with Gasteiger partial charge < -0.3 is 4.74 Å². The molecule has 0 saturated carbocycles. The topological polar surface area (TPSA) is 84.1 Å². The van der Waals surface area contributed by atoms with E-state index in [-0.39, 0.29) is 15.6 Å². The van der Waals surface area contributed by atoms with Crippen LogP contribution >= 0.6 is 11.3 Å². The van der Waals surface area contributed by atoms with Gasteiger partial charge in [-0.25, -0.2) is 8.42 Å². The van der Waals surface area contributed by atoms with Crippen molar-refractivity contribution >= 4 is 27.0 Å². The number of aromatic nitrogens is 2. The Labute approximate surface area is 157 Å². The van der Waals surface area contributed by atoms with Crippen molar-refractivity contribution in [3.8, 4) is 16.3 Å². The number of hydrogen-bond acceptors (Lipinski definition) is 5. The number of thiophene rings is 1. The van der Waals surface area contributed by atoms with E-state index in [2.05, 4.69) is 9.82 Å². The molecule has 3 aromatic rings. The van der Waals surface area contributed by atoms with Gasteiger partial charge in [-0.05, 0) is 37.3 Å². The van der Waals surface area contributed by atoms with Crippen LogP contribution in [0.25, 0.3) is 10.6 Å². The van der Waals surface area contributed by atoms with E-state index in [4.69, 9.17) is 4.74 Å². The van der Waals surface area contributed by atoms with Crippen molar-refractivity contribution in [1.29, 1.82) is 0 Å². The number of aromatic amines is 1. The molecular formula is C16H14F3N3O3S2. The van der Waals surface area contributed by atoms with Crippen LogP contribution in [0.4, 0.5) is 18.9 Å². The first-order valence-corrected chi connectivity index (χ1v) is 9.98. The zero-order chi connectivity index (χ0) is 19.7. The van der Waals surface area contributed by atoms with Gasteiger partial charge in [0, 0.05) is 0 Å². The van der Waals surface area contributed by atoms with E-state index in [0.717, 1.165) is 17.4 Å². The molecule has 0 atom stereocenters. The zero-order valence-electron chi connectivity index (χ0n) is 13.9. The molecule has 1 aromatic carbocycles. The van der Waals surface area contributed by atoms with Crippen molar-refractivity contribution in [3.05, 3.63) is 48.2 Å². The minimum absolute atomic E-state index is 0.0171. The molecule has 0 fully saturated rings. The van der Waals surface area contributed by atoms with E-state index in [1.54, 1.807) is 31.2 Å². The van der Waals surface area contributed by atoms with Crippen molar-refractivity contribution < 1.29 is 26.3 Å². The van der Waals surface area contributed by atoms with Crippen molar-refractivity contribution in [2.45, 2.75) is 17.3 Å². The third-order valence-corrected chi connectivity index (χ3v) is 6.38. The number of H-pyrrole nitrogens is 1. The number of anilines is 1. The Balaban J connectivity index is 1.86. The number of alkyl halides is 3. The van der Waals surface area contributed by atoms with Crippen LogP contribution in [0.5, 0.6) is 5.75 Å². The second-order valence-corrected chi connectivity index (χ2v) is 8.31. The molecule has 3 rings (SSSR count). The lowest BCUT2D eigenvalue weighted by atomic mass is 10.3. The van der Waals surface area contributed by atoms with Gasteiger partial charge in [-0.3, -0.25) is 9.82 Å². The van der Waals surface area contributed by atoms with E-state index >= 15 is 0 Å². The molecule has 6 nitrogen and oxygen atoms in total. The maximum atomic E-state index is 12.7. The fourth-order valence-electron chi connectivity index (χ4n) is 2.22. The fraction of sp³-hybridized carbons (Fsp3) is 0.188. The van der Waals surface area contributed by atoms with Crippen molar-refractivity contribution in [2.24, 2.45) is 0 Å². The molecule has 0 amide bonds. The molecule has 0 bridgehead atoms. The van der Waals surface area contributed by atoms with Crippen LogP contribution < -0.4 is 9.46 Å². The second-order valence-electron chi connectivity index (χ2n) is 5.32. The normalized spacial score (nSPS) is 12.1. The highest BCUT2D eigenvalue weighted by molar-refractivity contribution is 7.94. The third kappa shape index (κ3) is 4.25. The Morgan fingerprint density at radius 3 is 2.63 bits per heavy atom. The molecular weight excluding hydrogens is 403 g/mol. The highest BCUT2D eigenvalue weighted by Crippen LogP contribution is 2.35. The Kier molecular flexibility index (Phi) is 5.16. The number of ether oxygens (including phenoxy) is 1. The van der Waals surface area contributed by atoms with Crippen molar-refractivity contribution in [2.75, 3.05) is 11.3 Å². The average molecular weight is 417 g/mol. The minimum Gasteiger partial charge on any atom is -0.492 e. The second kappa shape index (κ2) is 7.24. The summed E-state index contributed by atoms with van der Waals surface area (Å²) < 4.78 is 71.0. The summed E-state index contributed by atoms with van der Waals surface area (Å²) in [6, 6.07) is 10.1. The highest BCUT2D eigenvalue weighted by Gasteiger charge is 2.33. The molecule has 0 saturated heterocycles. The van der Waals surface area contributed by atoms with Crippen LogP contribution in [0.15, 0.2) is 46.7 Å². The quantitative estimate of drug-likeness (QED) is 0.624. The SMILES string of the molecule is CCOc1ccccc1NS(=O)(=O)c1ccc(-c2cc(C(F)(F)F)[nH]n2)s1. The summed E-state index contributed by atoms with van der Waals surface area (Å²) in [6.45, 7) is 2.14. The molecule has 11 heteroatoms. The van der Waals surface area contributed by atoms with Gasteiger partial charge in [-0.1, -0.05) is 12.1 Å². The molecule has 0 aliphatic heterocycles.